The maximum atomic E-state index is 12.7. The van der Waals surface area contributed by atoms with E-state index >= 15 is 0 Å². The summed E-state index contributed by atoms with van der Waals surface area (Å²) in [5.41, 5.74) is 0. The van der Waals surface area contributed by atoms with E-state index in [-0.39, 0.29) is 11.5 Å². The first-order valence-electron chi connectivity index (χ1n) is 4.64. The summed E-state index contributed by atoms with van der Waals surface area (Å²) in [7, 11) is 0. The smallest absolute Gasteiger partial charge is 0.241 e. The number of hydrogen-bond acceptors (Lipinski definition) is 2. The molecule has 0 aliphatic rings. The Labute approximate surface area is 86.4 Å². The Bertz CT molecular complexity index is 164. The predicted molar refractivity (Wildman–Crippen MR) is 52.5 cm³/mol. The van der Waals surface area contributed by atoms with E-state index in [1.165, 1.54) is 0 Å². The number of alkyl halides is 3. The van der Waals surface area contributed by atoms with Gasteiger partial charge in [0.15, 0.2) is 5.12 Å². The van der Waals surface area contributed by atoms with Crippen molar-refractivity contribution < 1.29 is 18.0 Å². The second-order valence-corrected chi connectivity index (χ2v) is 4.09. The molecule has 0 aliphatic carbocycles. The fourth-order valence-corrected chi connectivity index (χ4v) is 1.65. The zero-order chi connectivity index (χ0) is 11.0. The van der Waals surface area contributed by atoms with Crippen LogP contribution < -0.4 is 0 Å². The van der Waals surface area contributed by atoms with Gasteiger partial charge in [0.25, 0.3) is 0 Å². The molecule has 0 aromatic carbocycles. The minimum Gasteiger partial charge on any atom is -0.287 e. The lowest BCUT2D eigenvalue weighted by molar-refractivity contribution is -0.110. The quantitative estimate of drug-likeness (QED) is 0.621. The molecule has 0 saturated carbocycles. The van der Waals surface area contributed by atoms with Crippen molar-refractivity contribution >= 4 is 16.9 Å². The van der Waals surface area contributed by atoms with Crippen LogP contribution in [0.25, 0.3) is 0 Å². The molecule has 0 saturated heterocycles. The molecular weight excluding hydrogens is 213 g/mol. The molecule has 0 spiro atoms. The number of halogens is 3. The van der Waals surface area contributed by atoms with E-state index in [9.17, 15) is 18.0 Å². The van der Waals surface area contributed by atoms with Gasteiger partial charge in [-0.15, -0.1) is 0 Å². The third-order valence-corrected chi connectivity index (χ3v) is 2.75. The zero-order valence-electron chi connectivity index (χ0n) is 8.14. The lowest BCUT2D eigenvalue weighted by atomic mass is 10.2. The van der Waals surface area contributed by atoms with Crippen LogP contribution >= 0.6 is 11.8 Å². The summed E-state index contributed by atoms with van der Waals surface area (Å²) in [6.45, 7) is 1.75. The van der Waals surface area contributed by atoms with E-state index in [4.69, 9.17) is 0 Å². The lowest BCUT2D eigenvalue weighted by Crippen LogP contribution is -2.06. The fourth-order valence-electron chi connectivity index (χ4n) is 0.904. The SMILES string of the molecule is CCC(=O)SCCCC(F)CC(F)F. The van der Waals surface area contributed by atoms with Crippen LogP contribution in [0, 0.1) is 0 Å². The molecule has 0 aliphatic heterocycles. The molecule has 0 fully saturated rings. The number of carbonyl (C=O) groups excluding carboxylic acids is 1. The molecule has 1 nitrogen and oxygen atoms in total. The second-order valence-electron chi connectivity index (χ2n) is 2.94. The van der Waals surface area contributed by atoms with Gasteiger partial charge in [-0.2, -0.15) is 0 Å². The molecule has 0 N–H and O–H groups in total. The number of thioether (sulfide) groups is 1. The first kappa shape index (κ1) is 13.8. The Hall–Kier alpha value is -0.190. The topological polar surface area (TPSA) is 17.1 Å². The largest absolute Gasteiger partial charge is 0.287 e. The number of rotatable bonds is 7. The van der Waals surface area contributed by atoms with Crippen LogP contribution in [-0.4, -0.2) is 23.5 Å². The molecule has 84 valence electrons. The molecule has 0 aromatic heterocycles. The molecule has 0 heterocycles. The predicted octanol–water partition coefficient (Wildman–Crippen LogP) is 3.43. The molecule has 0 rings (SSSR count). The van der Waals surface area contributed by atoms with Crippen molar-refractivity contribution in [3.63, 3.8) is 0 Å². The first-order valence-corrected chi connectivity index (χ1v) is 5.62. The standard InChI is InChI=1S/C9H15F3OS/c1-2-9(13)14-5-3-4-7(10)6-8(11)12/h7-8H,2-6H2,1H3. The highest BCUT2D eigenvalue weighted by molar-refractivity contribution is 8.13. The van der Waals surface area contributed by atoms with Gasteiger partial charge < -0.3 is 0 Å². The monoisotopic (exact) mass is 228 g/mol. The molecule has 14 heavy (non-hydrogen) atoms. The maximum absolute atomic E-state index is 12.7. The van der Waals surface area contributed by atoms with Crippen molar-refractivity contribution in [3.05, 3.63) is 0 Å². The minimum atomic E-state index is -2.57. The summed E-state index contributed by atoms with van der Waals surface area (Å²) >= 11 is 1.14. The third-order valence-electron chi connectivity index (χ3n) is 1.65. The molecule has 0 radical (unpaired) electrons. The van der Waals surface area contributed by atoms with Crippen molar-refractivity contribution in [1.29, 1.82) is 0 Å². The van der Waals surface area contributed by atoms with E-state index in [0.717, 1.165) is 11.8 Å². The van der Waals surface area contributed by atoms with E-state index in [1.54, 1.807) is 6.92 Å². The summed E-state index contributed by atoms with van der Waals surface area (Å²) < 4.78 is 36.0. The van der Waals surface area contributed by atoms with E-state index in [1.807, 2.05) is 0 Å². The van der Waals surface area contributed by atoms with Crippen LogP contribution in [0.15, 0.2) is 0 Å². The van der Waals surface area contributed by atoms with Gasteiger partial charge in [0.05, 0.1) is 0 Å². The van der Waals surface area contributed by atoms with Crippen molar-refractivity contribution in [2.75, 3.05) is 5.75 Å². The lowest BCUT2D eigenvalue weighted by Gasteiger charge is -2.06. The maximum Gasteiger partial charge on any atom is 0.241 e. The highest BCUT2D eigenvalue weighted by Gasteiger charge is 2.13. The van der Waals surface area contributed by atoms with Gasteiger partial charge in [-0.25, -0.2) is 13.2 Å². The molecule has 5 heteroatoms. The highest BCUT2D eigenvalue weighted by Crippen LogP contribution is 2.15. The number of carbonyl (C=O) groups is 1. The average Bonchev–Trinajstić information content (AvgIpc) is 2.10. The highest BCUT2D eigenvalue weighted by atomic mass is 32.2. The van der Waals surface area contributed by atoms with Crippen LogP contribution in [-0.2, 0) is 4.79 Å². The number of hydrogen-bond donors (Lipinski definition) is 0. The summed E-state index contributed by atoms with van der Waals surface area (Å²) in [5.74, 6) is 0.524. The van der Waals surface area contributed by atoms with Gasteiger partial charge >= 0.3 is 0 Å². The Balaban J connectivity index is 3.31. The van der Waals surface area contributed by atoms with Gasteiger partial charge in [-0.1, -0.05) is 18.7 Å². The van der Waals surface area contributed by atoms with Crippen LogP contribution in [0.1, 0.15) is 32.6 Å². The molecule has 0 amide bonds. The molecule has 0 aromatic rings. The molecular formula is C9H15F3OS. The summed E-state index contributed by atoms with van der Waals surface area (Å²) in [6, 6.07) is 0. The Morgan fingerprint density at radius 1 is 1.36 bits per heavy atom. The van der Waals surface area contributed by atoms with Crippen molar-refractivity contribution in [1.82, 2.24) is 0 Å². The average molecular weight is 228 g/mol. The fraction of sp³-hybridized carbons (Fsp3) is 0.889. The summed E-state index contributed by atoms with van der Waals surface area (Å²) in [5, 5.41) is 0.0641. The molecule has 0 bridgehead atoms. The third kappa shape index (κ3) is 8.41. The first-order chi connectivity index (χ1) is 6.56. The van der Waals surface area contributed by atoms with Crippen molar-refractivity contribution in [2.24, 2.45) is 0 Å². The van der Waals surface area contributed by atoms with E-state index in [0.29, 0.717) is 18.6 Å². The molecule has 1 unspecified atom stereocenters. The second kappa shape index (κ2) is 8.15. The van der Waals surface area contributed by atoms with Crippen molar-refractivity contribution in [2.45, 2.75) is 45.2 Å². The summed E-state index contributed by atoms with van der Waals surface area (Å²) in [6.07, 6.45) is -3.64. The molecule has 1 atom stereocenters. The summed E-state index contributed by atoms with van der Waals surface area (Å²) in [4.78, 5) is 10.8. The Kier molecular flexibility index (Phi) is 8.04. The van der Waals surface area contributed by atoms with Gasteiger partial charge in [-0.3, -0.25) is 4.79 Å². The van der Waals surface area contributed by atoms with E-state index in [2.05, 4.69) is 0 Å². The van der Waals surface area contributed by atoms with Gasteiger partial charge in [-0.05, 0) is 12.8 Å². The van der Waals surface area contributed by atoms with Crippen molar-refractivity contribution in [3.8, 4) is 0 Å². The normalized spacial score (nSPS) is 13.2. The van der Waals surface area contributed by atoms with E-state index < -0.39 is 19.0 Å². The van der Waals surface area contributed by atoms with Crippen LogP contribution in [0.5, 0.6) is 0 Å². The van der Waals surface area contributed by atoms with Gasteiger partial charge in [0.2, 0.25) is 6.43 Å². The van der Waals surface area contributed by atoms with Gasteiger partial charge in [0, 0.05) is 18.6 Å². The zero-order valence-corrected chi connectivity index (χ0v) is 8.96. The minimum absolute atomic E-state index is 0.0641. The Morgan fingerprint density at radius 2 is 2.00 bits per heavy atom. The van der Waals surface area contributed by atoms with Crippen LogP contribution in [0.4, 0.5) is 13.2 Å². The van der Waals surface area contributed by atoms with Crippen LogP contribution in [0.2, 0.25) is 0 Å². The van der Waals surface area contributed by atoms with Gasteiger partial charge in [0.1, 0.15) is 6.17 Å². The Morgan fingerprint density at radius 3 is 2.50 bits per heavy atom. The van der Waals surface area contributed by atoms with Crippen LogP contribution in [0.3, 0.4) is 0 Å².